The maximum absolute atomic E-state index is 12.4. The van der Waals surface area contributed by atoms with E-state index < -0.39 is 0 Å². The van der Waals surface area contributed by atoms with Gasteiger partial charge in [0.1, 0.15) is 0 Å². The molecule has 0 bridgehead atoms. The summed E-state index contributed by atoms with van der Waals surface area (Å²) in [5.74, 6) is 0.149. The quantitative estimate of drug-likeness (QED) is 0.747. The topological polar surface area (TPSA) is 65.1 Å². The normalized spacial score (nSPS) is 19.1. The van der Waals surface area contributed by atoms with Crippen LogP contribution in [0.3, 0.4) is 0 Å². The summed E-state index contributed by atoms with van der Waals surface area (Å²) in [5, 5.41) is 2.94. The first-order valence-electron chi connectivity index (χ1n) is 9.37. The number of benzene rings is 1. The third-order valence-electron chi connectivity index (χ3n) is 5.00. The lowest BCUT2D eigenvalue weighted by atomic mass is 10.2. The lowest BCUT2D eigenvalue weighted by Gasteiger charge is -2.36. The highest BCUT2D eigenvalue weighted by Crippen LogP contribution is 2.20. The summed E-state index contributed by atoms with van der Waals surface area (Å²) in [6, 6.07) is 5.77. The maximum atomic E-state index is 12.4. The Morgan fingerprint density at radius 2 is 1.70 bits per heavy atom. The molecule has 0 saturated carbocycles. The minimum absolute atomic E-state index is 0.0233. The highest BCUT2D eigenvalue weighted by Gasteiger charge is 2.24. The Bertz CT molecular complexity index is 671. The van der Waals surface area contributed by atoms with Gasteiger partial charge in [-0.3, -0.25) is 19.4 Å². The van der Waals surface area contributed by atoms with E-state index in [4.69, 9.17) is 4.74 Å². The van der Waals surface area contributed by atoms with Gasteiger partial charge in [0.15, 0.2) is 0 Å². The van der Waals surface area contributed by atoms with Crippen LogP contribution in [0.1, 0.15) is 5.56 Å². The van der Waals surface area contributed by atoms with Gasteiger partial charge in [0.2, 0.25) is 11.8 Å². The fraction of sp³-hybridized carbons (Fsp3) is 0.579. The number of nitrogens with one attached hydrogen (secondary N) is 1. The molecule has 3 rings (SSSR count). The predicted octanol–water partition coefficient (Wildman–Crippen LogP) is 1.17. The lowest BCUT2D eigenvalue weighted by molar-refractivity contribution is -0.135. The number of piperazine rings is 1. The minimum Gasteiger partial charge on any atom is -0.379 e. The summed E-state index contributed by atoms with van der Waals surface area (Å²) < 4.78 is 6.35. The molecule has 148 valence electrons. The van der Waals surface area contributed by atoms with E-state index in [2.05, 4.69) is 31.0 Å². The first kappa shape index (κ1) is 20.3. The second-order valence-corrected chi connectivity index (χ2v) is 7.91. The van der Waals surface area contributed by atoms with E-state index in [1.165, 1.54) is 0 Å². The van der Waals surface area contributed by atoms with Gasteiger partial charge in [0.25, 0.3) is 0 Å². The van der Waals surface area contributed by atoms with Gasteiger partial charge in [-0.1, -0.05) is 15.9 Å². The summed E-state index contributed by atoms with van der Waals surface area (Å²) in [6.45, 7) is 8.65. The van der Waals surface area contributed by atoms with E-state index in [9.17, 15) is 9.59 Å². The Labute approximate surface area is 168 Å². The first-order valence-corrected chi connectivity index (χ1v) is 10.2. The highest BCUT2D eigenvalue weighted by molar-refractivity contribution is 9.10. The molecule has 1 N–H and O–H groups in total. The average molecular weight is 439 g/mol. The standard InChI is InChI=1S/C19H27BrN4O3/c1-15-12-16(2-3-17(15)20)21-18(25)13-22-4-6-24(7-5-22)19(26)14-23-8-10-27-11-9-23/h2-3,12H,4-11,13-14H2,1H3,(H,21,25). The molecule has 0 unspecified atom stereocenters. The van der Waals surface area contributed by atoms with E-state index in [-0.39, 0.29) is 11.8 Å². The van der Waals surface area contributed by atoms with Crippen molar-refractivity contribution >= 4 is 33.4 Å². The molecule has 2 fully saturated rings. The van der Waals surface area contributed by atoms with Gasteiger partial charge >= 0.3 is 0 Å². The zero-order valence-electron chi connectivity index (χ0n) is 15.7. The number of amides is 2. The summed E-state index contributed by atoms with van der Waals surface area (Å²) >= 11 is 3.46. The van der Waals surface area contributed by atoms with Gasteiger partial charge in [0, 0.05) is 49.4 Å². The summed E-state index contributed by atoms with van der Waals surface area (Å²) in [4.78, 5) is 30.9. The number of ether oxygens (including phenoxy) is 1. The van der Waals surface area contributed by atoms with Crippen molar-refractivity contribution in [3.63, 3.8) is 0 Å². The Hall–Kier alpha value is -1.48. The molecular formula is C19H27BrN4O3. The molecule has 0 radical (unpaired) electrons. The van der Waals surface area contributed by atoms with Gasteiger partial charge in [-0.25, -0.2) is 0 Å². The van der Waals surface area contributed by atoms with Crippen molar-refractivity contribution < 1.29 is 14.3 Å². The number of carbonyl (C=O) groups is 2. The molecule has 0 aromatic heterocycles. The van der Waals surface area contributed by atoms with E-state index in [1.807, 2.05) is 30.0 Å². The Morgan fingerprint density at radius 1 is 1.04 bits per heavy atom. The number of morpholine rings is 1. The van der Waals surface area contributed by atoms with Crippen LogP contribution in [-0.4, -0.2) is 92.1 Å². The van der Waals surface area contributed by atoms with Crippen LogP contribution in [0.4, 0.5) is 5.69 Å². The monoisotopic (exact) mass is 438 g/mol. The Balaban J connectivity index is 1.40. The van der Waals surface area contributed by atoms with Gasteiger partial charge in [-0.2, -0.15) is 0 Å². The molecule has 1 aromatic carbocycles. The maximum Gasteiger partial charge on any atom is 0.238 e. The van der Waals surface area contributed by atoms with Gasteiger partial charge in [-0.05, 0) is 30.7 Å². The van der Waals surface area contributed by atoms with Crippen LogP contribution in [-0.2, 0) is 14.3 Å². The van der Waals surface area contributed by atoms with Crippen LogP contribution in [0.2, 0.25) is 0 Å². The van der Waals surface area contributed by atoms with E-state index in [0.717, 1.165) is 41.9 Å². The second-order valence-electron chi connectivity index (χ2n) is 7.06. The molecule has 0 spiro atoms. The molecule has 0 atom stereocenters. The third kappa shape index (κ3) is 6.00. The third-order valence-corrected chi connectivity index (χ3v) is 5.89. The van der Waals surface area contributed by atoms with E-state index in [0.29, 0.717) is 39.4 Å². The summed E-state index contributed by atoms with van der Waals surface area (Å²) in [7, 11) is 0. The van der Waals surface area contributed by atoms with E-state index in [1.54, 1.807) is 0 Å². The number of halogens is 1. The average Bonchev–Trinajstić information content (AvgIpc) is 2.66. The number of rotatable bonds is 5. The molecule has 7 nitrogen and oxygen atoms in total. The van der Waals surface area contributed by atoms with Gasteiger partial charge < -0.3 is 15.0 Å². The molecular weight excluding hydrogens is 412 g/mol. The largest absolute Gasteiger partial charge is 0.379 e. The molecule has 2 saturated heterocycles. The fourth-order valence-corrected chi connectivity index (χ4v) is 3.58. The van der Waals surface area contributed by atoms with Crippen LogP contribution in [0.25, 0.3) is 0 Å². The van der Waals surface area contributed by atoms with Crippen LogP contribution in [0.15, 0.2) is 22.7 Å². The molecule has 8 heteroatoms. The number of hydrogen-bond donors (Lipinski definition) is 1. The van der Waals surface area contributed by atoms with Crippen molar-refractivity contribution in [1.82, 2.24) is 14.7 Å². The fourth-order valence-electron chi connectivity index (χ4n) is 3.33. The van der Waals surface area contributed by atoms with Crippen LogP contribution >= 0.6 is 15.9 Å². The second kappa shape index (κ2) is 9.64. The van der Waals surface area contributed by atoms with Crippen LogP contribution in [0.5, 0.6) is 0 Å². The Kier molecular flexibility index (Phi) is 7.23. The van der Waals surface area contributed by atoms with Crippen molar-refractivity contribution in [1.29, 1.82) is 0 Å². The highest BCUT2D eigenvalue weighted by atomic mass is 79.9. The van der Waals surface area contributed by atoms with Crippen LogP contribution in [0, 0.1) is 6.92 Å². The molecule has 2 amide bonds. The molecule has 27 heavy (non-hydrogen) atoms. The Morgan fingerprint density at radius 3 is 2.37 bits per heavy atom. The zero-order valence-corrected chi connectivity index (χ0v) is 17.3. The smallest absolute Gasteiger partial charge is 0.238 e. The zero-order chi connectivity index (χ0) is 19.2. The van der Waals surface area contributed by atoms with Crippen molar-refractivity contribution in [2.24, 2.45) is 0 Å². The molecule has 2 aliphatic heterocycles. The van der Waals surface area contributed by atoms with Crippen molar-refractivity contribution in [2.75, 3.05) is 70.9 Å². The molecule has 2 aliphatic rings. The van der Waals surface area contributed by atoms with Crippen molar-refractivity contribution in [3.8, 4) is 0 Å². The van der Waals surface area contributed by atoms with Crippen molar-refractivity contribution in [2.45, 2.75) is 6.92 Å². The van der Waals surface area contributed by atoms with Crippen molar-refractivity contribution in [3.05, 3.63) is 28.2 Å². The molecule has 2 heterocycles. The van der Waals surface area contributed by atoms with Gasteiger partial charge in [0.05, 0.1) is 26.3 Å². The number of anilines is 1. The summed E-state index contributed by atoms with van der Waals surface area (Å²) in [5.41, 5.74) is 1.89. The summed E-state index contributed by atoms with van der Waals surface area (Å²) in [6.07, 6.45) is 0. The number of aryl methyl sites for hydroxylation is 1. The number of nitrogens with zero attached hydrogens (tertiary/aromatic N) is 3. The van der Waals surface area contributed by atoms with Crippen LogP contribution < -0.4 is 5.32 Å². The van der Waals surface area contributed by atoms with Gasteiger partial charge in [-0.15, -0.1) is 0 Å². The number of hydrogen-bond acceptors (Lipinski definition) is 5. The SMILES string of the molecule is Cc1cc(NC(=O)CN2CCN(C(=O)CN3CCOCC3)CC2)ccc1Br. The lowest BCUT2D eigenvalue weighted by Crippen LogP contribution is -2.53. The van der Waals surface area contributed by atoms with E-state index >= 15 is 0 Å². The number of carbonyl (C=O) groups excluding carboxylic acids is 2. The first-order chi connectivity index (χ1) is 13.0. The minimum atomic E-state index is -0.0233. The molecule has 1 aromatic rings. The predicted molar refractivity (Wildman–Crippen MR) is 108 cm³/mol. The molecule has 0 aliphatic carbocycles.